The van der Waals surface area contributed by atoms with Crippen LogP contribution < -0.4 is 5.56 Å². The third kappa shape index (κ3) is 2.39. The number of hydrogen-bond acceptors (Lipinski definition) is 3. The summed E-state index contributed by atoms with van der Waals surface area (Å²) >= 11 is 12.6. The third-order valence-corrected chi connectivity index (χ3v) is 4.89. The summed E-state index contributed by atoms with van der Waals surface area (Å²) in [6.45, 7) is 2.10. The van der Waals surface area contributed by atoms with Crippen LogP contribution in [0.15, 0.2) is 19.9 Å². The second-order valence-corrected chi connectivity index (χ2v) is 5.76. The van der Waals surface area contributed by atoms with E-state index in [1.165, 1.54) is 4.68 Å². The Bertz CT molecular complexity index is 665. The van der Waals surface area contributed by atoms with Gasteiger partial charge in [0.25, 0.3) is 5.56 Å². The van der Waals surface area contributed by atoms with Gasteiger partial charge in [-0.1, -0.05) is 11.6 Å². The van der Waals surface area contributed by atoms with E-state index in [4.69, 9.17) is 11.6 Å². The lowest BCUT2D eigenvalue weighted by Crippen LogP contribution is -2.25. The molecule has 0 spiro atoms. The quantitative estimate of drug-likeness (QED) is 0.784. The van der Waals surface area contributed by atoms with E-state index in [9.17, 15) is 4.79 Å². The molecule has 0 aliphatic heterocycles. The standard InChI is InChI=1S/C10H9Br2ClN4O/c1-5-9(13)7(16(2)15-5)4-17-10(18)8(12)6(11)3-14-17/h3H,4H2,1-2H3. The minimum Gasteiger partial charge on any atom is -0.269 e. The van der Waals surface area contributed by atoms with Gasteiger partial charge in [-0.2, -0.15) is 10.2 Å². The average molecular weight is 396 g/mol. The maximum Gasteiger partial charge on any atom is 0.282 e. The van der Waals surface area contributed by atoms with Crippen LogP contribution in [0, 0.1) is 6.92 Å². The van der Waals surface area contributed by atoms with Crippen molar-refractivity contribution >= 4 is 43.5 Å². The van der Waals surface area contributed by atoms with Crippen LogP contribution in [-0.4, -0.2) is 19.6 Å². The number of halogens is 3. The van der Waals surface area contributed by atoms with Gasteiger partial charge in [0.2, 0.25) is 0 Å². The van der Waals surface area contributed by atoms with Crippen molar-refractivity contribution in [2.45, 2.75) is 13.5 Å². The summed E-state index contributed by atoms with van der Waals surface area (Å²) < 4.78 is 4.04. The molecule has 0 N–H and O–H groups in total. The summed E-state index contributed by atoms with van der Waals surface area (Å²) in [5.74, 6) is 0. The van der Waals surface area contributed by atoms with Crippen molar-refractivity contribution in [2.24, 2.45) is 7.05 Å². The largest absolute Gasteiger partial charge is 0.282 e. The van der Waals surface area contributed by atoms with Gasteiger partial charge in [-0.3, -0.25) is 9.48 Å². The predicted molar refractivity (Wildman–Crippen MR) is 76.0 cm³/mol. The first-order valence-electron chi connectivity index (χ1n) is 5.01. The van der Waals surface area contributed by atoms with Crippen LogP contribution in [0.2, 0.25) is 5.02 Å². The lowest BCUT2D eigenvalue weighted by molar-refractivity contribution is 0.587. The molecular formula is C10H9Br2ClN4O. The highest BCUT2D eigenvalue weighted by Gasteiger charge is 2.14. The fraction of sp³-hybridized carbons (Fsp3) is 0.300. The van der Waals surface area contributed by atoms with Crippen molar-refractivity contribution < 1.29 is 0 Å². The van der Waals surface area contributed by atoms with E-state index in [0.717, 1.165) is 11.4 Å². The van der Waals surface area contributed by atoms with Crippen LogP contribution in [0.5, 0.6) is 0 Å². The van der Waals surface area contributed by atoms with Gasteiger partial charge in [-0.15, -0.1) is 0 Å². The fourth-order valence-electron chi connectivity index (χ4n) is 1.55. The molecule has 0 aliphatic carbocycles. The molecule has 0 radical (unpaired) electrons. The minimum atomic E-state index is -0.223. The van der Waals surface area contributed by atoms with Crippen molar-refractivity contribution in [1.82, 2.24) is 19.6 Å². The van der Waals surface area contributed by atoms with Crippen molar-refractivity contribution in [3.63, 3.8) is 0 Å². The molecule has 0 aromatic carbocycles. The first-order valence-corrected chi connectivity index (χ1v) is 6.97. The Morgan fingerprint density at radius 2 is 2.11 bits per heavy atom. The molecule has 2 aromatic heterocycles. The van der Waals surface area contributed by atoms with Gasteiger partial charge in [0.05, 0.1) is 33.6 Å². The fourth-order valence-corrected chi connectivity index (χ4v) is 2.34. The molecule has 0 saturated heterocycles. The number of rotatable bonds is 2. The van der Waals surface area contributed by atoms with Crippen LogP contribution in [0.4, 0.5) is 0 Å². The van der Waals surface area contributed by atoms with E-state index in [1.807, 2.05) is 6.92 Å². The summed E-state index contributed by atoms with van der Waals surface area (Å²) in [6, 6.07) is 0. The topological polar surface area (TPSA) is 52.7 Å². The Morgan fingerprint density at radius 3 is 2.67 bits per heavy atom. The highest BCUT2D eigenvalue weighted by atomic mass is 79.9. The zero-order valence-corrected chi connectivity index (χ0v) is 13.5. The summed E-state index contributed by atoms with van der Waals surface area (Å²) in [7, 11) is 1.78. The summed E-state index contributed by atoms with van der Waals surface area (Å²) in [5, 5.41) is 8.81. The van der Waals surface area contributed by atoms with Gasteiger partial charge in [-0.05, 0) is 38.8 Å². The smallest absolute Gasteiger partial charge is 0.269 e. The Balaban J connectivity index is 2.47. The Morgan fingerprint density at radius 1 is 1.44 bits per heavy atom. The van der Waals surface area contributed by atoms with Gasteiger partial charge in [-0.25, -0.2) is 4.68 Å². The van der Waals surface area contributed by atoms with Gasteiger partial charge in [0.15, 0.2) is 0 Å². The predicted octanol–water partition coefficient (Wildman–Crippen LogP) is 2.51. The molecule has 96 valence electrons. The number of hydrogen-bond donors (Lipinski definition) is 0. The highest BCUT2D eigenvalue weighted by molar-refractivity contribution is 9.13. The number of nitrogens with zero attached hydrogens (tertiary/aromatic N) is 4. The molecule has 0 fully saturated rings. The van der Waals surface area contributed by atoms with Crippen molar-refractivity contribution in [1.29, 1.82) is 0 Å². The van der Waals surface area contributed by atoms with Crippen molar-refractivity contribution in [3.05, 3.63) is 41.9 Å². The van der Waals surface area contributed by atoms with Crippen LogP contribution >= 0.6 is 43.5 Å². The monoisotopic (exact) mass is 394 g/mol. The van der Waals surface area contributed by atoms with Crippen molar-refractivity contribution in [3.8, 4) is 0 Å². The van der Waals surface area contributed by atoms with Gasteiger partial charge in [0, 0.05) is 7.05 Å². The van der Waals surface area contributed by atoms with Crippen LogP contribution in [-0.2, 0) is 13.6 Å². The summed E-state index contributed by atoms with van der Waals surface area (Å²) in [5.41, 5.74) is 1.26. The first kappa shape index (κ1) is 13.8. The Labute approximate surface area is 125 Å². The van der Waals surface area contributed by atoms with E-state index >= 15 is 0 Å². The maximum atomic E-state index is 12.0. The third-order valence-electron chi connectivity index (χ3n) is 2.50. The molecule has 0 bridgehead atoms. The summed E-state index contributed by atoms with van der Waals surface area (Å²) in [6.07, 6.45) is 1.56. The van der Waals surface area contributed by atoms with E-state index in [-0.39, 0.29) is 12.1 Å². The number of aryl methyl sites for hydroxylation is 2. The van der Waals surface area contributed by atoms with E-state index in [0.29, 0.717) is 14.0 Å². The SMILES string of the molecule is Cc1nn(C)c(Cn2ncc(Br)c(Br)c2=O)c1Cl. The molecule has 0 atom stereocenters. The van der Waals surface area contributed by atoms with Gasteiger partial charge < -0.3 is 0 Å². The minimum absolute atomic E-state index is 0.223. The molecular weight excluding hydrogens is 387 g/mol. The molecule has 5 nitrogen and oxygen atoms in total. The molecule has 0 saturated carbocycles. The molecule has 0 amide bonds. The molecule has 2 rings (SSSR count). The lowest BCUT2D eigenvalue weighted by atomic mass is 10.3. The van der Waals surface area contributed by atoms with E-state index in [2.05, 4.69) is 42.1 Å². The molecule has 8 heteroatoms. The average Bonchev–Trinajstić information content (AvgIpc) is 2.56. The van der Waals surface area contributed by atoms with Crippen LogP contribution in [0.1, 0.15) is 11.4 Å². The zero-order chi connectivity index (χ0) is 13.4. The Kier molecular flexibility index (Phi) is 3.93. The second kappa shape index (κ2) is 5.14. The molecule has 2 aromatic rings. The van der Waals surface area contributed by atoms with Crippen molar-refractivity contribution in [2.75, 3.05) is 0 Å². The first-order chi connectivity index (χ1) is 8.41. The van der Waals surface area contributed by atoms with Crippen LogP contribution in [0.3, 0.4) is 0 Å². The number of aromatic nitrogens is 4. The maximum absolute atomic E-state index is 12.0. The zero-order valence-electron chi connectivity index (χ0n) is 9.62. The lowest BCUT2D eigenvalue weighted by Gasteiger charge is -2.06. The second-order valence-electron chi connectivity index (χ2n) is 3.74. The molecule has 18 heavy (non-hydrogen) atoms. The van der Waals surface area contributed by atoms with Crippen LogP contribution in [0.25, 0.3) is 0 Å². The summed E-state index contributed by atoms with van der Waals surface area (Å²) in [4.78, 5) is 12.0. The highest BCUT2D eigenvalue weighted by Crippen LogP contribution is 2.21. The van der Waals surface area contributed by atoms with E-state index in [1.54, 1.807) is 17.9 Å². The van der Waals surface area contributed by atoms with E-state index < -0.39 is 0 Å². The molecule has 0 aliphatic rings. The van der Waals surface area contributed by atoms with Gasteiger partial charge in [0.1, 0.15) is 4.47 Å². The molecule has 2 heterocycles. The normalized spacial score (nSPS) is 10.9. The van der Waals surface area contributed by atoms with Gasteiger partial charge >= 0.3 is 0 Å². The molecule has 0 unspecified atom stereocenters. The Hall–Kier alpha value is -0.660.